The number of aliphatic carboxylic acids is 1. The van der Waals surface area contributed by atoms with Gasteiger partial charge in [-0.25, -0.2) is 0 Å². The Morgan fingerprint density at radius 1 is 0.750 bits per heavy atom. The molecule has 12 heteroatoms. The molecule has 0 spiro atoms. The predicted molar refractivity (Wildman–Crippen MR) is 128 cm³/mol. The van der Waals surface area contributed by atoms with Crippen molar-refractivity contribution in [3.8, 4) is 11.5 Å². The van der Waals surface area contributed by atoms with E-state index < -0.39 is 54.5 Å². The number of carbonyl (C=O) groups excluding carboxylic acids is 3. The molecule has 0 heterocycles. The molecule has 0 aliphatic heterocycles. The summed E-state index contributed by atoms with van der Waals surface area (Å²) in [5.41, 5.74) is 6.70. The number of phenols is 2. The molecule has 194 valence electrons. The Morgan fingerprint density at radius 3 is 1.53 bits per heavy atom. The van der Waals surface area contributed by atoms with E-state index in [1.165, 1.54) is 31.2 Å². The highest BCUT2D eigenvalue weighted by molar-refractivity contribution is 5.94. The van der Waals surface area contributed by atoms with Gasteiger partial charge in [-0.1, -0.05) is 24.3 Å². The van der Waals surface area contributed by atoms with Gasteiger partial charge < -0.3 is 42.1 Å². The molecule has 12 nitrogen and oxygen atoms in total. The van der Waals surface area contributed by atoms with Crippen LogP contribution in [0.5, 0.6) is 11.5 Å². The summed E-state index contributed by atoms with van der Waals surface area (Å²) in [6.07, 6.45) is -0.0741. The van der Waals surface area contributed by atoms with Gasteiger partial charge in [-0.05, 0) is 42.3 Å². The molecule has 2 aromatic carbocycles. The molecule has 0 radical (unpaired) electrons. The lowest BCUT2D eigenvalue weighted by atomic mass is 10.0. The number of amides is 3. The zero-order chi connectivity index (χ0) is 26.8. The average molecular weight is 503 g/mol. The Morgan fingerprint density at radius 2 is 1.14 bits per heavy atom. The Hall–Kier alpha value is -4.16. The minimum Gasteiger partial charge on any atom is -0.508 e. The molecule has 0 aromatic heterocycles. The minimum atomic E-state index is -1.28. The largest absolute Gasteiger partial charge is 0.508 e. The van der Waals surface area contributed by atoms with E-state index >= 15 is 0 Å². The molecule has 0 saturated heterocycles. The zero-order valence-electron chi connectivity index (χ0n) is 19.5. The Bertz CT molecular complexity index is 1060. The van der Waals surface area contributed by atoms with Gasteiger partial charge in [0.25, 0.3) is 0 Å². The lowest BCUT2D eigenvalue weighted by molar-refractivity contribution is -0.141. The lowest BCUT2D eigenvalue weighted by Gasteiger charge is -2.25. The highest BCUT2D eigenvalue weighted by atomic mass is 16.4. The second kappa shape index (κ2) is 13.1. The number of rotatable bonds is 12. The van der Waals surface area contributed by atoms with Gasteiger partial charge in [-0.15, -0.1) is 0 Å². The van der Waals surface area contributed by atoms with E-state index in [2.05, 4.69) is 16.0 Å². The monoisotopic (exact) mass is 502 g/mol. The number of phenolic OH excluding ortho intramolecular Hbond substituents is 2. The summed E-state index contributed by atoms with van der Waals surface area (Å²) in [4.78, 5) is 49.6. The topological polar surface area (TPSA) is 211 Å². The maximum atomic E-state index is 13.2. The molecule has 4 unspecified atom stereocenters. The number of carboxylic acid groups (broad SMARTS) is 1. The van der Waals surface area contributed by atoms with Crippen molar-refractivity contribution in [2.24, 2.45) is 5.73 Å². The van der Waals surface area contributed by atoms with Crippen molar-refractivity contribution in [2.75, 3.05) is 6.61 Å². The van der Waals surface area contributed by atoms with E-state index in [9.17, 15) is 34.5 Å². The molecular formula is C24H30N4O8. The summed E-state index contributed by atoms with van der Waals surface area (Å²) < 4.78 is 0. The average Bonchev–Trinajstić information content (AvgIpc) is 2.84. The van der Waals surface area contributed by atoms with Crippen molar-refractivity contribution < 1.29 is 39.6 Å². The van der Waals surface area contributed by atoms with E-state index in [1.54, 1.807) is 24.3 Å². The van der Waals surface area contributed by atoms with Crippen LogP contribution in [0.15, 0.2) is 48.5 Å². The summed E-state index contributed by atoms with van der Waals surface area (Å²) in [6, 6.07) is 6.81. The van der Waals surface area contributed by atoms with Crippen LogP contribution in [0, 0.1) is 0 Å². The smallest absolute Gasteiger partial charge is 0.325 e. The fraction of sp³-hybridized carbons (Fsp3) is 0.333. The van der Waals surface area contributed by atoms with Crippen LogP contribution < -0.4 is 21.7 Å². The van der Waals surface area contributed by atoms with Crippen molar-refractivity contribution in [1.29, 1.82) is 0 Å². The fourth-order valence-electron chi connectivity index (χ4n) is 3.16. The number of hydrogen-bond acceptors (Lipinski definition) is 8. The predicted octanol–water partition coefficient (Wildman–Crippen LogP) is -1.24. The van der Waals surface area contributed by atoms with Crippen LogP contribution in [0.3, 0.4) is 0 Å². The van der Waals surface area contributed by atoms with Crippen molar-refractivity contribution in [3.05, 3.63) is 59.7 Å². The molecular weight excluding hydrogens is 472 g/mol. The number of aromatic hydroxyl groups is 2. The van der Waals surface area contributed by atoms with Gasteiger partial charge in [-0.2, -0.15) is 0 Å². The third-order valence-electron chi connectivity index (χ3n) is 5.28. The second-order valence-corrected chi connectivity index (χ2v) is 8.22. The summed E-state index contributed by atoms with van der Waals surface area (Å²) in [6.45, 7) is 0.613. The van der Waals surface area contributed by atoms with E-state index in [4.69, 9.17) is 10.8 Å². The maximum absolute atomic E-state index is 13.2. The second-order valence-electron chi connectivity index (χ2n) is 8.22. The number of hydrogen-bond donors (Lipinski definition) is 8. The standard InChI is InChI=1S/C24H30N4O8/c1-13(24(35)36)26-22(33)19(10-14-2-6-16(30)7-3-14)28-23(34)20(27-21(32)18(25)12-29)11-15-4-8-17(31)9-5-15/h2-9,13,18-20,29-31H,10-12,25H2,1H3,(H,26,33)(H,27,32)(H,28,34)(H,35,36). The van der Waals surface area contributed by atoms with Gasteiger partial charge in [-0.3, -0.25) is 19.2 Å². The molecule has 0 fully saturated rings. The molecule has 3 amide bonds. The lowest BCUT2D eigenvalue weighted by Crippen LogP contribution is -2.58. The Kier molecular flexibility index (Phi) is 10.2. The Labute approximate surface area is 207 Å². The molecule has 9 N–H and O–H groups in total. The molecule has 2 rings (SSSR count). The molecule has 0 aliphatic carbocycles. The normalized spacial score (nSPS) is 14.1. The number of aliphatic hydroxyl groups is 1. The van der Waals surface area contributed by atoms with Crippen molar-refractivity contribution in [3.63, 3.8) is 0 Å². The van der Waals surface area contributed by atoms with Gasteiger partial charge in [0.05, 0.1) is 6.61 Å². The maximum Gasteiger partial charge on any atom is 0.325 e. The highest BCUT2D eigenvalue weighted by Gasteiger charge is 2.29. The third-order valence-corrected chi connectivity index (χ3v) is 5.28. The molecule has 2 aromatic rings. The summed E-state index contributed by atoms with van der Waals surface area (Å²) in [5, 5.41) is 44.6. The number of nitrogens with one attached hydrogen (secondary N) is 3. The van der Waals surface area contributed by atoms with E-state index in [-0.39, 0.29) is 24.3 Å². The van der Waals surface area contributed by atoms with Crippen LogP contribution in [0.4, 0.5) is 0 Å². The first kappa shape index (κ1) is 28.1. The van der Waals surface area contributed by atoms with Gasteiger partial charge in [0.15, 0.2) is 0 Å². The molecule has 4 atom stereocenters. The number of carboxylic acids is 1. The first-order valence-electron chi connectivity index (χ1n) is 11.1. The van der Waals surface area contributed by atoms with E-state index in [0.717, 1.165) is 0 Å². The van der Waals surface area contributed by atoms with Crippen molar-refractivity contribution >= 4 is 23.7 Å². The van der Waals surface area contributed by atoms with Crippen molar-refractivity contribution in [1.82, 2.24) is 16.0 Å². The highest BCUT2D eigenvalue weighted by Crippen LogP contribution is 2.14. The SMILES string of the molecule is CC(NC(=O)C(Cc1ccc(O)cc1)NC(=O)C(Cc1ccc(O)cc1)NC(=O)C(N)CO)C(=O)O. The van der Waals surface area contributed by atoms with Crippen LogP contribution >= 0.6 is 0 Å². The van der Waals surface area contributed by atoms with Gasteiger partial charge in [0.2, 0.25) is 17.7 Å². The summed E-state index contributed by atoms with van der Waals surface area (Å²) >= 11 is 0. The zero-order valence-corrected chi connectivity index (χ0v) is 19.5. The number of nitrogens with two attached hydrogens (primary N) is 1. The first-order valence-corrected chi connectivity index (χ1v) is 11.1. The van der Waals surface area contributed by atoms with Crippen LogP contribution in [-0.2, 0) is 32.0 Å². The van der Waals surface area contributed by atoms with Gasteiger partial charge >= 0.3 is 5.97 Å². The first-order chi connectivity index (χ1) is 17.0. The summed E-state index contributed by atoms with van der Waals surface area (Å²) in [7, 11) is 0. The fourth-order valence-corrected chi connectivity index (χ4v) is 3.16. The minimum absolute atomic E-state index is 0.000169. The van der Waals surface area contributed by atoms with E-state index in [0.29, 0.717) is 11.1 Å². The molecule has 0 saturated carbocycles. The third kappa shape index (κ3) is 8.56. The Balaban J connectivity index is 2.29. The quantitative estimate of drug-likeness (QED) is 0.174. The number of aliphatic hydroxyl groups excluding tert-OH is 1. The molecule has 0 bridgehead atoms. The van der Waals surface area contributed by atoms with Gasteiger partial charge in [0.1, 0.15) is 35.7 Å². The molecule has 0 aliphatic rings. The van der Waals surface area contributed by atoms with Crippen molar-refractivity contribution in [2.45, 2.75) is 43.9 Å². The van der Waals surface area contributed by atoms with E-state index in [1.807, 2.05) is 0 Å². The van der Waals surface area contributed by atoms with Crippen LogP contribution in [0.1, 0.15) is 18.1 Å². The number of carbonyl (C=O) groups is 4. The van der Waals surface area contributed by atoms with Crippen LogP contribution in [-0.4, -0.2) is 74.9 Å². The summed E-state index contributed by atoms with van der Waals surface area (Å²) in [5.74, 6) is -3.59. The van der Waals surface area contributed by atoms with Crippen LogP contribution in [0.25, 0.3) is 0 Å². The van der Waals surface area contributed by atoms with Crippen LogP contribution in [0.2, 0.25) is 0 Å². The number of benzene rings is 2. The van der Waals surface area contributed by atoms with Gasteiger partial charge in [0, 0.05) is 12.8 Å². The molecule has 36 heavy (non-hydrogen) atoms.